The molecule has 3 rings (SSSR count). The number of nitrogens with one attached hydrogen (secondary N) is 1. The quantitative estimate of drug-likeness (QED) is 0.870. The van der Waals surface area contributed by atoms with Gasteiger partial charge in [-0.2, -0.15) is 8.78 Å². The molecule has 1 saturated heterocycles. The number of rotatable bonds is 6. The number of nitrogens with zero attached hydrogens (tertiary/aromatic N) is 1. The van der Waals surface area contributed by atoms with Crippen LogP contribution in [0.2, 0.25) is 0 Å². The van der Waals surface area contributed by atoms with E-state index < -0.39 is 6.61 Å². The monoisotopic (exact) mass is 324 g/mol. The number of carbonyl (C=O) groups is 2. The molecule has 23 heavy (non-hydrogen) atoms. The van der Waals surface area contributed by atoms with Crippen LogP contribution in [0.4, 0.5) is 8.78 Å². The fourth-order valence-electron chi connectivity index (χ4n) is 2.81. The number of likely N-dealkylation sites (tertiary alicyclic amines) is 1. The van der Waals surface area contributed by atoms with Crippen molar-refractivity contribution in [1.82, 2.24) is 10.2 Å². The first-order valence-electron chi connectivity index (χ1n) is 7.64. The Kier molecular flexibility index (Phi) is 4.45. The van der Waals surface area contributed by atoms with Crippen LogP contribution < -0.4 is 10.1 Å². The van der Waals surface area contributed by atoms with Gasteiger partial charge in [0.1, 0.15) is 5.75 Å². The van der Waals surface area contributed by atoms with Crippen molar-refractivity contribution in [2.24, 2.45) is 5.92 Å². The van der Waals surface area contributed by atoms with Gasteiger partial charge in [0.25, 0.3) is 0 Å². The van der Waals surface area contributed by atoms with Crippen molar-refractivity contribution in [1.29, 1.82) is 0 Å². The van der Waals surface area contributed by atoms with E-state index in [9.17, 15) is 18.4 Å². The molecule has 7 heteroatoms. The van der Waals surface area contributed by atoms with Crippen molar-refractivity contribution >= 4 is 11.8 Å². The number of ether oxygens (including phenoxy) is 1. The molecular weight excluding hydrogens is 306 g/mol. The van der Waals surface area contributed by atoms with E-state index in [4.69, 9.17) is 0 Å². The summed E-state index contributed by atoms with van der Waals surface area (Å²) >= 11 is 0. The van der Waals surface area contributed by atoms with Gasteiger partial charge in [-0.05, 0) is 30.5 Å². The number of halogens is 2. The van der Waals surface area contributed by atoms with E-state index in [0.29, 0.717) is 18.2 Å². The highest BCUT2D eigenvalue weighted by molar-refractivity contribution is 5.89. The molecule has 2 amide bonds. The summed E-state index contributed by atoms with van der Waals surface area (Å²) in [4.78, 5) is 25.8. The molecule has 1 aliphatic heterocycles. The lowest BCUT2D eigenvalue weighted by atomic mass is 10.1. The zero-order valence-corrected chi connectivity index (χ0v) is 12.5. The van der Waals surface area contributed by atoms with Crippen molar-refractivity contribution in [3.8, 4) is 5.75 Å². The second kappa shape index (κ2) is 6.52. The summed E-state index contributed by atoms with van der Waals surface area (Å²) < 4.78 is 28.7. The normalized spacial score (nSPS) is 20.9. The van der Waals surface area contributed by atoms with Crippen LogP contribution in [-0.2, 0) is 16.1 Å². The van der Waals surface area contributed by atoms with Gasteiger partial charge in [0, 0.05) is 25.6 Å². The Morgan fingerprint density at radius 2 is 2.17 bits per heavy atom. The molecule has 1 N–H and O–H groups in total. The lowest BCUT2D eigenvalue weighted by Gasteiger charge is -2.15. The summed E-state index contributed by atoms with van der Waals surface area (Å²) in [6, 6.07) is 6.52. The highest BCUT2D eigenvalue weighted by atomic mass is 19.3. The molecule has 0 bridgehead atoms. The first-order valence-corrected chi connectivity index (χ1v) is 7.64. The van der Waals surface area contributed by atoms with Crippen molar-refractivity contribution in [3.05, 3.63) is 29.8 Å². The maximum Gasteiger partial charge on any atom is 0.387 e. The summed E-state index contributed by atoms with van der Waals surface area (Å²) in [6.07, 6.45) is 2.30. The standard InChI is InChI=1S/C16H18F2N2O3/c17-16(18)23-13-3-1-2-10(6-13)8-19-15(22)11-7-14(21)20(9-11)12-4-5-12/h1-3,6,11-12,16H,4-5,7-9H2,(H,19,22). The molecule has 1 heterocycles. The van der Waals surface area contributed by atoms with E-state index in [1.807, 2.05) is 0 Å². The van der Waals surface area contributed by atoms with Crippen molar-refractivity contribution in [2.75, 3.05) is 6.54 Å². The van der Waals surface area contributed by atoms with Crippen LogP contribution in [0.5, 0.6) is 5.75 Å². The first-order chi connectivity index (χ1) is 11.0. The van der Waals surface area contributed by atoms with E-state index in [0.717, 1.165) is 12.8 Å². The Hall–Kier alpha value is -2.18. The van der Waals surface area contributed by atoms with Gasteiger partial charge >= 0.3 is 6.61 Å². The van der Waals surface area contributed by atoms with Crippen molar-refractivity contribution in [2.45, 2.75) is 38.5 Å². The van der Waals surface area contributed by atoms with Gasteiger partial charge in [-0.1, -0.05) is 12.1 Å². The van der Waals surface area contributed by atoms with Gasteiger partial charge in [0.2, 0.25) is 11.8 Å². The first kappa shape index (κ1) is 15.7. The topological polar surface area (TPSA) is 58.6 Å². The number of hydrogen-bond acceptors (Lipinski definition) is 3. The van der Waals surface area contributed by atoms with Crippen LogP contribution in [0, 0.1) is 5.92 Å². The zero-order valence-electron chi connectivity index (χ0n) is 12.5. The van der Waals surface area contributed by atoms with Crippen LogP contribution in [0.25, 0.3) is 0 Å². The van der Waals surface area contributed by atoms with E-state index in [-0.39, 0.29) is 36.4 Å². The number of alkyl halides is 2. The van der Waals surface area contributed by atoms with Crippen LogP contribution in [0.3, 0.4) is 0 Å². The fraction of sp³-hybridized carbons (Fsp3) is 0.500. The fourth-order valence-corrected chi connectivity index (χ4v) is 2.81. The Morgan fingerprint density at radius 1 is 1.39 bits per heavy atom. The molecule has 1 aromatic carbocycles. The van der Waals surface area contributed by atoms with E-state index in [1.165, 1.54) is 12.1 Å². The maximum atomic E-state index is 12.2. The molecule has 2 fully saturated rings. The van der Waals surface area contributed by atoms with Gasteiger partial charge < -0.3 is 15.0 Å². The SMILES string of the molecule is O=C(NCc1cccc(OC(F)F)c1)C1CC(=O)N(C2CC2)C1. The molecular formula is C16H18F2N2O3. The number of hydrogen-bond donors (Lipinski definition) is 1. The lowest BCUT2D eigenvalue weighted by Crippen LogP contribution is -2.33. The highest BCUT2D eigenvalue weighted by Gasteiger charge is 2.41. The molecule has 1 aromatic rings. The van der Waals surface area contributed by atoms with Gasteiger partial charge in [-0.25, -0.2) is 0 Å². The maximum absolute atomic E-state index is 12.2. The Labute approximate surface area is 132 Å². The smallest absolute Gasteiger partial charge is 0.387 e. The van der Waals surface area contributed by atoms with Gasteiger partial charge in [0.15, 0.2) is 0 Å². The average Bonchev–Trinajstić information content (AvgIpc) is 3.27. The summed E-state index contributed by atoms with van der Waals surface area (Å²) in [5.74, 6) is -0.409. The largest absolute Gasteiger partial charge is 0.435 e. The predicted molar refractivity (Wildman–Crippen MR) is 77.8 cm³/mol. The molecule has 5 nitrogen and oxygen atoms in total. The summed E-state index contributed by atoms with van der Waals surface area (Å²) in [5, 5.41) is 2.76. The van der Waals surface area contributed by atoms with Crippen LogP contribution in [0.15, 0.2) is 24.3 Å². The minimum absolute atomic E-state index is 0.0416. The summed E-state index contributed by atoms with van der Waals surface area (Å²) in [7, 11) is 0. The van der Waals surface area contributed by atoms with E-state index in [1.54, 1.807) is 17.0 Å². The van der Waals surface area contributed by atoms with Crippen LogP contribution in [-0.4, -0.2) is 35.9 Å². The van der Waals surface area contributed by atoms with E-state index in [2.05, 4.69) is 10.1 Å². The Balaban J connectivity index is 1.52. The van der Waals surface area contributed by atoms with Gasteiger partial charge in [0.05, 0.1) is 5.92 Å². The average molecular weight is 324 g/mol. The lowest BCUT2D eigenvalue weighted by molar-refractivity contribution is -0.129. The Morgan fingerprint density at radius 3 is 2.87 bits per heavy atom. The molecule has 1 unspecified atom stereocenters. The molecule has 2 aliphatic rings. The van der Waals surface area contributed by atoms with Crippen molar-refractivity contribution < 1.29 is 23.1 Å². The molecule has 1 atom stereocenters. The Bertz CT molecular complexity index is 605. The predicted octanol–water partition coefficient (Wildman–Crippen LogP) is 1.92. The number of amides is 2. The molecule has 0 aromatic heterocycles. The minimum atomic E-state index is -2.88. The molecule has 0 spiro atoms. The third-order valence-electron chi connectivity index (χ3n) is 4.11. The van der Waals surface area contributed by atoms with E-state index >= 15 is 0 Å². The summed E-state index contributed by atoms with van der Waals surface area (Å²) in [5.41, 5.74) is 0.667. The zero-order chi connectivity index (χ0) is 16.4. The second-order valence-corrected chi connectivity index (χ2v) is 5.92. The number of carbonyl (C=O) groups excluding carboxylic acids is 2. The van der Waals surface area contributed by atoms with Crippen LogP contribution in [0.1, 0.15) is 24.8 Å². The number of benzene rings is 1. The molecule has 0 radical (unpaired) electrons. The van der Waals surface area contributed by atoms with Gasteiger partial charge in [-0.3, -0.25) is 9.59 Å². The third-order valence-corrected chi connectivity index (χ3v) is 4.11. The highest BCUT2D eigenvalue weighted by Crippen LogP contribution is 2.32. The second-order valence-electron chi connectivity index (χ2n) is 5.92. The minimum Gasteiger partial charge on any atom is -0.435 e. The molecule has 124 valence electrons. The summed E-state index contributed by atoms with van der Waals surface area (Å²) in [6.45, 7) is -2.19. The van der Waals surface area contributed by atoms with Crippen molar-refractivity contribution in [3.63, 3.8) is 0 Å². The third kappa shape index (κ3) is 3.97. The van der Waals surface area contributed by atoms with Gasteiger partial charge in [-0.15, -0.1) is 0 Å². The van der Waals surface area contributed by atoms with Crippen LogP contribution >= 0.6 is 0 Å². The molecule has 1 aliphatic carbocycles. The molecule has 1 saturated carbocycles.